The van der Waals surface area contributed by atoms with Crippen molar-refractivity contribution in [3.05, 3.63) is 41.0 Å². The lowest BCUT2D eigenvalue weighted by Gasteiger charge is -2.34. The second kappa shape index (κ2) is 5.55. The van der Waals surface area contributed by atoms with Crippen LogP contribution in [0.15, 0.2) is 35.4 Å². The Morgan fingerprint density at radius 3 is 1.88 bits per heavy atom. The van der Waals surface area contributed by atoms with E-state index in [-0.39, 0.29) is 23.7 Å². The van der Waals surface area contributed by atoms with Gasteiger partial charge in [-0.2, -0.15) is 0 Å². The lowest BCUT2D eigenvalue weighted by molar-refractivity contribution is -0.122. The Balaban J connectivity index is 1.56. The van der Waals surface area contributed by atoms with Gasteiger partial charge in [-0.25, -0.2) is 0 Å². The first-order valence-corrected chi connectivity index (χ1v) is 9.89. The van der Waals surface area contributed by atoms with Crippen LogP contribution in [0.3, 0.4) is 0 Å². The predicted molar refractivity (Wildman–Crippen MR) is 97.0 cm³/mol. The standard InChI is InChI=1S/C22H25NO2/c1-2-13-9-11-14(12-10-13)23-21(24)19-17-7-3-5-15(17)16-6-4-8-18(16)20(19)22(23)25/h9-12,17-20H,2-8H2,1H3/t17-,18-,19-,20+/m0/s1. The lowest BCUT2D eigenvalue weighted by atomic mass is 9.66. The molecule has 1 aromatic rings. The van der Waals surface area contributed by atoms with Gasteiger partial charge in [0.15, 0.2) is 0 Å². The van der Waals surface area contributed by atoms with Crippen LogP contribution >= 0.6 is 0 Å². The molecule has 4 aliphatic rings. The topological polar surface area (TPSA) is 37.4 Å². The molecule has 5 rings (SSSR count). The molecule has 4 atom stereocenters. The maximum atomic E-state index is 13.3. The number of nitrogens with zero attached hydrogens (tertiary/aromatic N) is 1. The summed E-state index contributed by atoms with van der Waals surface area (Å²) in [6.07, 6.45) is 7.84. The normalized spacial score (nSPS) is 33.7. The van der Waals surface area contributed by atoms with Crippen LogP contribution in [0, 0.1) is 23.7 Å². The molecule has 1 aromatic carbocycles. The van der Waals surface area contributed by atoms with E-state index in [2.05, 4.69) is 6.92 Å². The van der Waals surface area contributed by atoms with Crippen LogP contribution in [0.25, 0.3) is 0 Å². The Kier molecular flexibility index (Phi) is 3.41. The van der Waals surface area contributed by atoms with Crippen molar-refractivity contribution >= 4 is 17.5 Å². The first-order chi connectivity index (χ1) is 12.2. The van der Waals surface area contributed by atoms with Crippen molar-refractivity contribution in [1.82, 2.24) is 0 Å². The van der Waals surface area contributed by atoms with E-state index >= 15 is 0 Å². The highest BCUT2D eigenvalue weighted by molar-refractivity contribution is 6.22. The van der Waals surface area contributed by atoms with E-state index in [0.29, 0.717) is 11.8 Å². The molecule has 0 radical (unpaired) electrons. The smallest absolute Gasteiger partial charge is 0.238 e. The Bertz CT molecular complexity index is 734. The highest BCUT2D eigenvalue weighted by Crippen LogP contribution is 2.57. The quantitative estimate of drug-likeness (QED) is 0.598. The third kappa shape index (κ3) is 2.04. The zero-order valence-corrected chi connectivity index (χ0v) is 14.8. The van der Waals surface area contributed by atoms with Gasteiger partial charge in [-0.15, -0.1) is 0 Å². The molecule has 3 heteroatoms. The number of carbonyl (C=O) groups excluding carboxylic acids is 2. The molecule has 1 heterocycles. The number of anilines is 1. The summed E-state index contributed by atoms with van der Waals surface area (Å²) in [6, 6.07) is 7.98. The van der Waals surface area contributed by atoms with E-state index in [9.17, 15) is 9.59 Å². The maximum absolute atomic E-state index is 13.3. The second-order valence-corrected chi connectivity index (χ2v) is 8.13. The summed E-state index contributed by atoms with van der Waals surface area (Å²) in [5.74, 6) is 0.617. The number of amides is 2. The van der Waals surface area contributed by atoms with Crippen LogP contribution in [0.5, 0.6) is 0 Å². The van der Waals surface area contributed by atoms with E-state index in [1.807, 2.05) is 24.3 Å². The van der Waals surface area contributed by atoms with Crippen molar-refractivity contribution in [2.24, 2.45) is 23.7 Å². The van der Waals surface area contributed by atoms with Crippen molar-refractivity contribution in [3.8, 4) is 0 Å². The molecular weight excluding hydrogens is 310 g/mol. The average Bonchev–Trinajstić information content (AvgIpc) is 3.33. The molecule has 130 valence electrons. The molecule has 0 spiro atoms. The van der Waals surface area contributed by atoms with Gasteiger partial charge < -0.3 is 0 Å². The minimum atomic E-state index is -0.0947. The molecule has 0 bridgehead atoms. The van der Waals surface area contributed by atoms with Crippen LogP contribution in [0.1, 0.15) is 51.0 Å². The molecule has 1 saturated heterocycles. The fraction of sp³-hybridized carbons (Fsp3) is 0.545. The molecule has 0 aromatic heterocycles. The fourth-order valence-corrected chi connectivity index (χ4v) is 6.03. The highest BCUT2D eigenvalue weighted by atomic mass is 16.2. The van der Waals surface area contributed by atoms with Crippen molar-refractivity contribution in [1.29, 1.82) is 0 Å². The number of aryl methyl sites for hydroxylation is 1. The monoisotopic (exact) mass is 335 g/mol. The summed E-state index contributed by atoms with van der Waals surface area (Å²) in [6.45, 7) is 2.12. The third-order valence-electron chi connectivity index (χ3n) is 7.10. The Labute approximate surface area is 149 Å². The first-order valence-electron chi connectivity index (χ1n) is 9.89. The van der Waals surface area contributed by atoms with Gasteiger partial charge in [0, 0.05) is 0 Å². The van der Waals surface area contributed by atoms with Gasteiger partial charge in [-0.1, -0.05) is 30.2 Å². The molecule has 25 heavy (non-hydrogen) atoms. The SMILES string of the molecule is CCc1ccc(N2C(=O)[C@@H]3[C@H](C2=O)[C@H]2CCCC2=C2CCC[C@@H]23)cc1. The van der Waals surface area contributed by atoms with Crippen LogP contribution in [-0.4, -0.2) is 11.8 Å². The summed E-state index contributed by atoms with van der Waals surface area (Å²) in [7, 11) is 0. The van der Waals surface area contributed by atoms with Gasteiger partial charge in [-0.3, -0.25) is 14.5 Å². The molecule has 0 unspecified atom stereocenters. The van der Waals surface area contributed by atoms with E-state index < -0.39 is 0 Å². The Hall–Kier alpha value is -1.90. The molecule has 3 aliphatic carbocycles. The van der Waals surface area contributed by atoms with Crippen molar-refractivity contribution in [2.45, 2.75) is 51.9 Å². The zero-order chi connectivity index (χ0) is 17.1. The zero-order valence-electron chi connectivity index (χ0n) is 14.8. The first kappa shape index (κ1) is 15.4. The fourth-order valence-electron chi connectivity index (χ4n) is 6.03. The van der Waals surface area contributed by atoms with Crippen molar-refractivity contribution in [3.63, 3.8) is 0 Å². The average molecular weight is 335 g/mol. The summed E-state index contributed by atoms with van der Waals surface area (Å²) in [4.78, 5) is 28.2. The molecule has 3 fully saturated rings. The van der Waals surface area contributed by atoms with Gasteiger partial charge in [0.25, 0.3) is 0 Å². The summed E-state index contributed by atoms with van der Waals surface area (Å²) in [5, 5.41) is 0. The molecule has 2 amide bonds. The second-order valence-electron chi connectivity index (χ2n) is 8.13. The molecule has 1 aliphatic heterocycles. The molecular formula is C22H25NO2. The van der Waals surface area contributed by atoms with Gasteiger partial charge in [0.2, 0.25) is 11.8 Å². The number of imide groups is 1. The van der Waals surface area contributed by atoms with E-state index in [1.54, 1.807) is 11.1 Å². The molecule has 3 nitrogen and oxygen atoms in total. The van der Waals surface area contributed by atoms with Crippen LogP contribution < -0.4 is 4.90 Å². The number of benzene rings is 1. The number of rotatable bonds is 2. The maximum Gasteiger partial charge on any atom is 0.238 e. The number of hydrogen-bond donors (Lipinski definition) is 0. The Morgan fingerprint density at radius 2 is 1.40 bits per heavy atom. The predicted octanol–water partition coefficient (Wildman–Crippen LogP) is 4.27. The van der Waals surface area contributed by atoms with E-state index in [0.717, 1.165) is 37.8 Å². The number of carbonyl (C=O) groups is 2. The van der Waals surface area contributed by atoms with Gasteiger partial charge >= 0.3 is 0 Å². The van der Waals surface area contributed by atoms with Gasteiger partial charge in [0.1, 0.15) is 0 Å². The van der Waals surface area contributed by atoms with Crippen LogP contribution in [0.2, 0.25) is 0 Å². The summed E-state index contributed by atoms with van der Waals surface area (Å²) < 4.78 is 0. The summed E-state index contributed by atoms with van der Waals surface area (Å²) >= 11 is 0. The highest BCUT2D eigenvalue weighted by Gasteiger charge is 2.59. The lowest BCUT2D eigenvalue weighted by Crippen LogP contribution is -2.35. The molecule has 0 N–H and O–H groups in total. The van der Waals surface area contributed by atoms with Gasteiger partial charge in [-0.05, 0) is 74.5 Å². The number of fused-ring (bicyclic) bond motifs is 5. The van der Waals surface area contributed by atoms with Gasteiger partial charge in [0.05, 0.1) is 17.5 Å². The largest absolute Gasteiger partial charge is 0.274 e. The van der Waals surface area contributed by atoms with E-state index in [4.69, 9.17) is 0 Å². The summed E-state index contributed by atoms with van der Waals surface area (Å²) in [5.41, 5.74) is 5.12. The minimum Gasteiger partial charge on any atom is -0.274 e. The number of hydrogen-bond acceptors (Lipinski definition) is 2. The van der Waals surface area contributed by atoms with Crippen LogP contribution in [-0.2, 0) is 16.0 Å². The van der Waals surface area contributed by atoms with Crippen molar-refractivity contribution in [2.75, 3.05) is 4.90 Å². The minimum absolute atomic E-state index is 0.0644. The van der Waals surface area contributed by atoms with Crippen molar-refractivity contribution < 1.29 is 9.59 Å². The third-order valence-corrected chi connectivity index (χ3v) is 7.10. The van der Waals surface area contributed by atoms with Crippen LogP contribution in [0.4, 0.5) is 5.69 Å². The Morgan fingerprint density at radius 1 is 0.880 bits per heavy atom. The van der Waals surface area contributed by atoms with E-state index in [1.165, 1.54) is 23.3 Å². The number of allylic oxidation sites excluding steroid dienone is 2. The molecule has 2 saturated carbocycles.